The SMILES string of the molecule is CC(C)(OC(=O)CC(c1ccccc1)c1ccccc1)C1CCNCC1. The molecule has 0 amide bonds. The molecular formula is C23H29NO2. The molecule has 2 aromatic rings. The van der Waals surface area contributed by atoms with Gasteiger partial charge in [0.2, 0.25) is 0 Å². The zero-order chi connectivity index (χ0) is 18.4. The standard InChI is InChI=1S/C23H29NO2/c1-23(2,20-13-15-24-16-14-20)26-22(25)17-21(18-9-5-3-6-10-18)19-11-7-4-8-12-19/h3-12,20-21,24H,13-17H2,1-2H3. The highest BCUT2D eigenvalue weighted by Crippen LogP contribution is 2.32. The van der Waals surface area contributed by atoms with Crippen molar-refractivity contribution in [3.8, 4) is 0 Å². The maximum atomic E-state index is 12.8. The van der Waals surface area contributed by atoms with Gasteiger partial charge in [0.25, 0.3) is 0 Å². The van der Waals surface area contributed by atoms with E-state index in [1.165, 1.54) is 0 Å². The highest BCUT2D eigenvalue weighted by molar-refractivity contribution is 5.72. The van der Waals surface area contributed by atoms with Crippen LogP contribution in [0.5, 0.6) is 0 Å². The lowest BCUT2D eigenvalue weighted by atomic mass is 9.83. The Morgan fingerprint density at radius 2 is 1.50 bits per heavy atom. The topological polar surface area (TPSA) is 38.3 Å². The van der Waals surface area contributed by atoms with Crippen molar-refractivity contribution in [3.05, 3.63) is 71.8 Å². The van der Waals surface area contributed by atoms with Gasteiger partial charge in [0.1, 0.15) is 5.60 Å². The molecule has 0 saturated carbocycles. The molecule has 0 spiro atoms. The summed E-state index contributed by atoms with van der Waals surface area (Å²) in [7, 11) is 0. The highest BCUT2D eigenvalue weighted by Gasteiger charge is 2.34. The molecule has 1 saturated heterocycles. The summed E-state index contributed by atoms with van der Waals surface area (Å²) in [6.45, 7) is 6.12. The van der Waals surface area contributed by atoms with Crippen LogP contribution in [-0.4, -0.2) is 24.7 Å². The average molecular weight is 351 g/mol. The minimum atomic E-state index is -0.420. The third-order valence-electron chi connectivity index (χ3n) is 5.47. The van der Waals surface area contributed by atoms with Crippen molar-refractivity contribution in [2.75, 3.05) is 13.1 Å². The van der Waals surface area contributed by atoms with Gasteiger partial charge in [-0.25, -0.2) is 0 Å². The van der Waals surface area contributed by atoms with E-state index in [9.17, 15) is 4.79 Å². The van der Waals surface area contributed by atoms with Crippen LogP contribution < -0.4 is 5.32 Å². The molecule has 0 atom stereocenters. The van der Waals surface area contributed by atoms with Gasteiger partial charge < -0.3 is 10.1 Å². The van der Waals surface area contributed by atoms with E-state index in [2.05, 4.69) is 43.4 Å². The Balaban J connectivity index is 1.73. The van der Waals surface area contributed by atoms with Gasteiger partial charge in [-0.05, 0) is 50.9 Å². The van der Waals surface area contributed by atoms with Crippen LogP contribution >= 0.6 is 0 Å². The van der Waals surface area contributed by atoms with Gasteiger partial charge in [-0.1, -0.05) is 60.7 Å². The lowest BCUT2D eigenvalue weighted by molar-refractivity contribution is -0.163. The molecule has 0 bridgehead atoms. The van der Waals surface area contributed by atoms with Gasteiger partial charge in [0, 0.05) is 11.8 Å². The molecule has 0 aliphatic carbocycles. The smallest absolute Gasteiger partial charge is 0.307 e. The number of carbonyl (C=O) groups is 1. The second-order valence-corrected chi connectivity index (χ2v) is 7.68. The molecule has 2 aromatic carbocycles. The van der Waals surface area contributed by atoms with Crippen LogP contribution in [0.2, 0.25) is 0 Å². The predicted octanol–water partition coefficient (Wildman–Crippen LogP) is 4.53. The molecule has 1 aliphatic rings. The maximum absolute atomic E-state index is 12.8. The number of benzene rings is 2. The number of hydrogen-bond donors (Lipinski definition) is 1. The fourth-order valence-corrected chi connectivity index (χ4v) is 3.90. The van der Waals surface area contributed by atoms with Crippen LogP contribution in [-0.2, 0) is 9.53 Å². The molecule has 1 heterocycles. The quantitative estimate of drug-likeness (QED) is 0.777. The van der Waals surface area contributed by atoms with Gasteiger partial charge >= 0.3 is 5.97 Å². The van der Waals surface area contributed by atoms with E-state index < -0.39 is 5.60 Å². The van der Waals surface area contributed by atoms with E-state index in [1.54, 1.807) is 0 Å². The lowest BCUT2D eigenvalue weighted by Gasteiger charge is -2.37. The number of esters is 1. The molecule has 0 radical (unpaired) electrons. The Kier molecular flexibility index (Phi) is 6.10. The molecule has 0 aromatic heterocycles. The van der Waals surface area contributed by atoms with Crippen molar-refractivity contribution in [3.63, 3.8) is 0 Å². The third kappa shape index (κ3) is 4.73. The molecule has 1 fully saturated rings. The van der Waals surface area contributed by atoms with Crippen molar-refractivity contribution in [2.45, 2.75) is 44.6 Å². The molecule has 3 heteroatoms. The number of ether oxygens (including phenoxy) is 1. The van der Waals surface area contributed by atoms with E-state index in [0.29, 0.717) is 12.3 Å². The Labute approximate surface area is 156 Å². The summed E-state index contributed by atoms with van der Waals surface area (Å²) in [5.74, 6) is 0.319. The largest absolute Gasteiger partial charge is 0.459 e. The monoisotopic (exact) mass is 351 g/mol. The van der Waals surface area contributed by atoms with Crippen molar-refractivity contribution in [1.82, 2.24) is 5.32 Å². The Morgan fingerprint density at radius 3 is 2.00 bits per heavy atom. The number of piperidine rings is 1. The average Bonchev–Trinajstić information content (AvgIpc) is 2.68. The van der Waals surface area contributed by atoms with E-state index in [-0.39, 0.29) is 11.9 Å². The maximum Gasteiger partial charge on any atom is 0.307 e. The molecule has 1 N–H and O–H groups in total. The molecule has 0 unspecified atom stereocenters. The normalized spacial score (nSPS) is 15.8. The van der Waals surface area contributed by atoms with E-state index in [0.717, 1.165) is 37.1 Å². The first-order valence-corrected chi connectivity index (χ1v) is 9.59. The van der Waals surface area contributed by atoms with Crippen molar-refractivity contribution in [1.29, 1.82) is 0 Å². The summed E-state index contributed by atoms with van der Waals surface area (Å²) >= 11 is 0. The van der Waals surface area contributed by atoms with Crippen LogP contribution in [0.15, 0.2) is 60.7 Å². The van der Waals surface area contributed by atoms with Crippen LogP contribution in [0.1, 0.15) is 50.2 Å². The van der Waals surface area contributed by atoms with Crippen LogP contribution in [0.4, 0.5) is 0 Å². The van der Waals surface area contributed by atoms with Gasteiger partial charge in [0.15, 0.2) is 0 Å². The van der Waals surface area contributed by atoms with E-state index >= 15 is 0 Å². The van der Waals surface area contributed by atoms with Crippen molar-refractivity contribution >= 4 is 5.97 Å². The van der Waals surface area contributed by atoms with E-state index in [1.807, 2.05) is 36.4 Å². The van der Waals surface area contributed by atoms with Gasteiger partial charge in [-0.3, -0.25) is 4.79 Å². The first-order valence-electron chi connectivity index (χ1n) is 9.59. The summed E-state index contributed by atoms with van der Waals surface area (Å²) in [5, 5.41) is 3.37. The summed E-state index contributed by atoms with van der Waals surface area (Å²) in [6, 6.07) is 20.4. The zero-order valence-electron chi connectivity index (χ0n) is 15.8. The van der Waals surface area contributed by atoms with Crippen LogP contribution in [0.3, 0.4) is 0 Å². The van der Waals surface area contributed by atoms with E-state index in [4.69, 9.17) is 4.74 Å². The van der Waals surface area contributed by atoms with Crippen molar-refractivity contribution in [2.24, 2.45) is 5.92 Å². The first-order chi connectivity index (χ1) is 12.6. The summed E-state index contributed by atoms with van der Waals surface area (Å²) < 4.78 is 5.98. The van der Waals surface area contributed by atoms with Gasteiger partial charge in [0.05, 0.1) is 6.42 Å². The number of carbonyl (C=O) groups excluding carboxylic acids is 1. The molecule has 3 nitrogen and oxygen atoms in total. The third-order valence-corrected chi connectivity index (χ3v) is 5.47. The summed E-state index contributed by atoms with van der Waals surface area (Å²) in [5.41, 5.74) is 1.88. The van der Waals surface area contributed by atoms with Gasteiger partial charge in [-0.2, -0.15) is 0 Å². The Morgan fingerprint density at radius 1 is 1.00 bits per heavy atom. The van der Waals surface area contributed by atoms with Crippen molar-refractivity contribution < 1.29 is 9.53 Å². The highest BCUT2D eigenvalue weighted by atomic mass is 16.6. The fraction of sp³-hybridized carbons (Fsp3) is 0.435. The second kappa shape index (κ2) is 8.50. The van der Waals surface area contributed by atoms with Gasteiger partial charge in [-0.15, -0.1) is 0 Å². The fourth-order valence-electron chi connectivity index (χ4n) is 3.90. The molecule has 26 heavy (non-hydrogen) atoms. The number of hydrogen-bond acceptors (Lipinski definition) is 3. The Bertz CT molecular complexity index is 651. The predicted molar refractivity (Wildman–Crippen MR) is 105 cm³/mol. The molecule has 1 aliphatic heterocycles. The lowest BCUT2D eigenvalue weighted by Crippen LogP contribution is -2.43. The molecular weight excluding hydrogens is 322 g/mol. The number of rotatable bonds is 6. The van der Waals surface area contributed by atoms with Crippen LogP contribution in [0, 0.1) is 5.92 Å². The minimum absolute atomic E-state index is 0.0220. The summed E-state index contributed by atoms with van der Waals surface area (Å²) in [6.07, 6.45) is 2.48. The number of nitrogens with one attached hydrogen (secondary N) is 1. The Hall–Kier alpha value is -2.13. The first kappa shape index (κ1) is 18.7. The molecule has 138 valence electrons. The second-order valence-electron chi connectivity index (χ2n) is 7.68. The summed E-state index contributed by atoms with van der Waals surface area (Å²) in [4.78, 5) is 12.8. The zero-order valence-corrected chi connectivity index (χ0v) is 15.8. The molecule has 3 rings (SSSR count). The minimum Gasteiger partial charge on any atom is -0.459 e. The van der Waals surface area contributed by atoms with Crippen LogP contribution in [0.25, 0.3) is 0 Å².